The van der Waals surface area contributed by atoms with Crippen molar-refractivity contribution in [3.8, 4) is 0 Å². The highest BCUT2D eigenvalue weighted by Crippen LogP contribution is 2.26. The van der Waals surface area contributed by atoms with E-state index in [2.05, 4.69) is 6.58 Å². The lowest BCUT2D eigenvalue weighted by Crippen LogP contribution is -2.36. The van der Waals surface area contributed by atoms with Crippen LogP contribution in [0.2, 0.25) is 5.02 Å². The fourth-order valence-electron chi connectivity index (χ4n) is 4.19. The fourth-order valence-corrected chi connectivity index (χ4v) is 4.31. The van der Waals surface area contributed by atoms with Crippen LogP contribution in [0.25, 0.3) is 0 Å². The Morgan fingerprint density at radius 3 is 2.58 bits per heavy atom. The van der Waals surface area contributed by atoms with E-state index in [-0.39, 0.29) is 24.4 Å². The predicted octanol–water partition coefficient (Wildman–Crippen LogP) is 5.61. The van der Waals surface area contributed by atoms with Gasteiger partial charge in [-0.3, -0.25) is 19.6 Å². The van der Waals surface area contributed by atoms with Gasteiger partial charge in [0.25, 0.3) is 5.91 Å². The van der Waals surface area contributed by atoms with E-state index in [1.54, 1.807) is 18.0 Å². The first-order valence-corrected chi connectivity index (χ1v) is 12.4. The molecular formula is C29H32ClN3O3. The average molecular weight is 506 g/mol. The minimum Gasteiger partial charge on any atom is -0.481 e. The van der Waals surface area contributed by atoms with Gasteiger partial charge in [-0.15, -0.1) is 0 Å². The topological polar surface area (TPSA) is 82.3 Å². The van der Waals surface area contributed by atoms with E-state index >= 15 is 0 Å². The molecule has 0 saturated carbocycles. The number of unbranched alkanes of at least 4 members (excludes halogenated alkanes) is 1. The zero-order valence-electron chi connectivity index (χ0n) is 20.7. The molecule has 1 amide bonds. The molecule has 6 nitrogen and oxygen atoms in total. The molecule has 1 aliphatic carbocycles. The molecule has 0 bridgehead atoms. The summed E-state index contributed by atoms with van der Waals surface area (Å²) in [4.78, 5) is 35.7. The van der Waals surface area contributed by atoms with Crippen molar-refractivity contribution in [3.05, 3.63) is 95.1 Å². The minimum absolute atomic E-state index is 0.0881. The molecule has 1 aromatic carbocycles. The highest BCUT2D eigenvalue weighted by atomic mass is 35.5. The first kappa shape index (κ1) is 27.1. The van der Waals surface area contributed by atoms with Crippen molar-refractivity contribution in [2.45, 2.75) is 44.7 Å². The maximum absolute atomic E-state index is 13.2. The number of aliphatic imine (C=N–C) groups is 2. The largest absolute Gasteiger partial charge is 0.481 e. The maximum Gasteiger partial charge on any atom is 0.303 e. The number of carboxylic acids is 1. The Morgan fingerprint density at radius 2 is 1.92 bits per heavy atom. The van der Waals surface area contributed by atoms with E-state index in [1.807, 2.05) is 67.6 Å². The number of amides is 1. The number of aliphatic carboxylic acids is 1. The van der Waals surface area contributed by atoms with E-state index in [1.165, 1.54) is 0 Å². The van der Waals surface area contributed by atoms with Crippen LogP contribution in [0.4, 0.5) is 0 Å². The number of carbonyl (C=O) groups excluding carboxylic acids is 1. The van der Waals surface area contributed by atoms with Crippen molar-refractivity contribution in [1.29, 1.82) is 0 Å². The third-order valence-electron chi connectivity index (χ3n) is 5.93. The van der Waals surface area contributed by atoms with Gasteiger partial charge in [-0.05, 0) is 50.0 Å². The molecule has 36 heavy (non-hydrogen) atoms. The molecule has 2 aliphatic rings. The molecule has 0 aromatic heterocycles. The van der Waals surface area contributed by atoms with Gasteiger partial charge in [-0.25, -0.2) is 0 Å². The normalized spacial score (nSPS) is 19.3. The summed E-state index contributed by atoms with van der Waals surface area (Å²) >= 11 is 6.07. The van der Waals surface area contributed by atoms with Crippen LogP contribution in [-0.4, -0.2) is 59.0 Å². The summed E-state index contributed by atoms with van der Waals surface area (Å²) < 4.78 is 0. The maximum atomic E-state index is 13.2. The van der Waals surface area contributed by atoms with Gasteiger partial charge in [0.15, 0.2) is 0 Å². The first-order valence-electron chi connectivity index (χ1n) is 12.0. The van der Waals surface area contributed by atoms with Gasteiger partial charge >= 0.3 is 5.97 Å². The molecule has 188 valence electrons. The van der Waals surface area contributed by atoms with Crippen LogP contribution in [0.15, 0.2) is 94.5 Å². The Morgan fingerprint density at radius 1 is 1.17 bits per heavy atom. The summed E-state index contributed by atoms with van der Waals surface area (Å²) in [5, 5.41) is 9.61. The van der Waals surface area contributed by atoms with Gasteiger partial charge in [0.1, 0.15) is 0 Å². The van der Waals surface area contributed by atoms with E-state index < -0.39 is 5.97 Å². The monoisotopic (exact) mass is 505 g/mol. The Labute approximate surface area is 217 Å². The van der Waals surface area contributed by atoms with Gasteiger partial charge < -0.3 is 10.0 Å². The molecule has 3 rings (SSSR count). The quantitative estimate of drug-likeness (QED) is 0.313. The Bertz CT molecular complexity index is 1170. The third-order valence-corrected chi connectivity index (χ3v) is 6.18. The number of likely N-dealkylation sites (N-methyl/N-ethyl adjacent to an activating group) is 1. The molecular weight excluding hydrogens is 474 g/mol. The van der Waals surface area contributed by atoms with Crippen LogP contribution in [0, 0.1) is 0 Å². The zero-order valence-corrected chi connectivity index (χ0v) is 21.5. The molecule has 0 radical (unpaired) electrons. The molecule has 0 saturated heterocycles. The standard InChI is InChI=1S/C29H32ClN3O3/c1-4-8-20(9-5-2)19-33(3)29(36)22-14-17-24-26(18-22)31-25(10-6-7-11-27(34)35)28(32-24)21-12-15-23(30)16-13-21/h4-5,8-9,12-18,24,26H,1,6-7,10-11,19H2,2-3H3,(H,34,35). The number of hydrogen-bond acceptors (Lipinski definition) is 4. The molecule has 0 spiro atoms. The lowest BCUT2D eigenvalue weighted by molar-refractivity contribution is -0.137. The van der Waals surface area contributed by atoms with Crippen molar-refractivity contribution >= 4 is 34.9 Å². The zero-order chi connectivity index (χ0) is 26.1. The smallest absolute Gasteiger partial charge is 0.303 e. The van der Waals surface area contributed by atoms with Crippen LogP contribution in [0.5, 0.6) is 0 Å². The SMILES string of the molecule is C=CC=C(C=CC)CN(C)C(=O)C1=CC2N=C(CCCCC(=O)O)C(c3ccc(Cl)cc3)=NC2C=C1. The van der Waals surface area contributed by atoms with Crippen LogP contribution in [0.3, 0.4) is 0 Å². The number of hydrogen-bond donors (Lipinski definition) is 1. The van der Waals surface area contributed by atoms with Gasteiger partial charge in [-0.1, -0.05) is 66.8 Å². The Balaban J connectivity index is 1.83. The van der Waals surface area contributed by atoms with Gasteiger partial charge in [0.05, 0.1) is 23.5 Å². The number of carbonyl (C=O) groups is 2. The molecule has 1 N–H and O–H groups in total. The second-order valence-electron chi connectivity index (χ2n) is 8.76. The fraction of sp³-hybridized carbons (Fsp3) is 0.310. The molecule has 2 atom stereocenters. The number of carboxylic acid groups (broad SMARTS) is 1. The van der Waals surface area contributed by atoms with Crippen LogP contribution in [0.1, 0.15) is 38.2 Å². The minimum atomic E-state index is -0.805. The lowest BCUT2D eigenvalue weighted by atomic mass is 9.92. The van der Waals surface area contributed by atoms with Crippen LogP contribution >= 0.6 is 11.6 Å². The number of benzene rings is 1. The van der Waals surface area contributed by atoms with Crippen LogP contribution in [-0.2, 0) is 9.59 Å². The molecule has 2 unspecified atom stereocenters. The Kier molecular flexibility index (Phi) is 9.77. The van der Waals surface area contributed by atoms with E-state index in [4.69, 9.17) is 26.7 Å². The summed E-state index contributed by atoms with van der Waals surface area (Å²) in [5.41, 5.74) is 4.09. The number of nitrogens with zero attached hydrogens (tertiary/aromatic N) is 3. The summed E-state index contributed by atoms with van der Waals surface area (Å²) in [5.74, 6) is -0.893. The summed E-state index contributed by atoms with van der Waals surface area (Å²) in [7, 11) is 1.78. The molecule has 1 aromatic rings. The molecule has 7 heteroatoms. The second-order valence-corrected chi connectivity index (χ2v) is 9.20. The number of fused-ring (bicyclic) bond motifs is 1. The van der Waals surface area contributed by atoms with Crippen molar-refractivity contribution in [2.24, 2.45) is 9.98 Å². The van der Waals surface area contributed by atoms with Gasteiger partial charge in [0, 0.05) is 36.2 Å². The van der Waals surface area contributed by atoms with E-state index in [0.717, 1.165) is 22.6 Å². The highest BCUT2D eigenvalue weighted by molar-refractivity contribution is 6.49. The lowest BCUT2D eigenvalue weighted by Gasteiger charge is -2.28. The van der Waals surface area contributed by atoms with E-state index in [0.29, 0.717) is 36.4 Å². The highest BCUT2D eigenvalue weighted by Gasteiger charge is 2.29. The third kappa shape index (κ3) is 7.25. The van der Waals surface area contributed by atoms with Crippen molar-refractivity contribution in [1.82, 2.24) is 4.90 Å². The van der Waals surface area contributed by atoms with E-state index in [9.17, 15) is 9.59 Å². The molecule has 0 fully saturated rings. The summed E-state index contributed by atoms with van der Waals surface area (Å²) in [6.07, 6.45) is 15.1. The average Bonchev–Trinajstić information content (AvgIpc) is 2.86. The number of halogens is 1. The second kappa shape index (κ2) is 13.0. The van der Waals surface area contributed by atoms with Crippen molar-refractivity contribution in [3.63, 3.8) is 0 Å². The molecule has 1 aliphatic heterocycles. The predicted molar refractivity (Wildman–Crippen MR) is 147 cm³/mol. The van der Waals surface area contributed by atoms with Crippen molar-refractivity contribution < 1.29 is 14.7 Å². The summed E-state index contributed by atoms with van der Waals surface area (Å²) in [6.45, 7) is 6.14. The van der Waals surface area contributed by atoms with Gasteiger partial charge in [0.2, 0.25) is 0 Å². The van der Waals surface area contributed by atoms with Crippen molar-refractivity contribution in [2.75, 3.05) is 13.6 Å². The molecule has 1 heterocycles. The summed E-state index contributed by atoms with van der Waals surface area (Å²) in [6, 6.07) is 6.98. The number of allylic oxidation sites excluding steroid dienone is 3. The Hall–Kier alpha value is -3.51. The number of rotatable bonds is 11. The van der Waals surface area contributed by atoms with Crippen LogP contribution < -0.4 is 0 Å². The first-order chi connectivity index (χ1) is 17.3. The van der Waals surface area contributed by atoms with Gasteiger partial charge in [-0.2, -0.15) is 0 Å².